The summed E-state index contributed by atoms with van der Waals surface area (Å²) in [6.07, 6.45) is -8.47. The molecule has 1 aliphatic heterocycles. The summed E-state index contributed by atoms with van der Waals surface area (Å²) in [6.45, 7) is 0.284. The first-order valence-corrected chi connectivity index (χ1v) is 12.8. The van der Waals surface area contributed by atoms with Crippen LogP contribution in [-0.4, -0.2) is 48.0 Å². The number of benzene rings is 2. The zero-order chi connectivity index (χ0) is 30.8. The number of nitrogens with one attached hydrogen (secondary N) is 4. The number of rotatable bonds is 9. The van der Waals surface area contributed by atoms with E-state index in [0.29, 0.717) is 31.0 Å². The highest BCUT2D eigenvalue weighted by molar-refractivity contribution is 6.38. The van der Waals surface area contributed by atoms with Gasteiger partial charge in [0.05, 0.1) is 28.4 Å². The molecule has 15 heteroatoms. The molecule has 4 rings (SSSR count). The fraction of sp³-hybridized carbons (Fsp3) is 0.370. The topological polar surface area (TPSA) is 133 Å². The van der Waals surface area contributed by atoms with Gasteiger partial charge in [0.25, 0.3) is 17.7 Å². The van der Waals surface area contributed by atoms with Crippen molar-refractivity contribution in [2.75, 3.05) is 11.9 Å². The van der Waals surface area contributed by atoms with Crippen LogP contribution in [0, 0.1) is 5.92 Å². The van der Waals surface area contributed by atoms with Gasteiger partial charge in [0.15, 0.2) is 0 Å². The van der Waals surface area contributed by atoms with Gasteiger partial charge in [0.2, 0.25) is 11.7 Å². The zero-order valence-electron chi connectivity index (χ0n) is 21.6. The Bertz CT molecular complexity index is 1420. The summed E-state index contributed by atoms with van der Waals surface area (Å²) >= 11 is 0. The number of carbonyl (C=O) groups is 5. The number of anilines is 1. The first-order valence-electron chi connectivity index (χ1n) is 12.8. The Morgan fingerprint density at radius 1 is 0.881 bits per heavy atom. The van der Waals surface area contributed by atoms with E-state index < -0.39 is 81.7 Å². The quantitative estimate of drug-likeness (QED) is 0.259. The molecule has 4 N–H and O–H groups in total. The summed E-state index contributed by atoms with van der Waals surface area (Å²) in [4.78, 5) is 63.6. The number of hydrogen-bond donors (Lipinski definition) is 4. The number of hydrogen-bond acceptors (Lipinski definition) is 5. The highest BCUT2D eigenvalue weighted by atomic mass is 19.4. The molecule has 1 saturated carbocycles. The average Bonchev–Trinajstić information content (AvgIpc) is 3.65. The van der Waals surface area contributed by atoms with E-state index >= 15 is 0 Å². The van der Waals surface area contributed by atoms with Gasteiger partial charge in [0, 0.05) is 24.1 Å². The van der Waals surface area contributed by atoms with Crippen molar-refractivity contribution in [2.24, 2.45) is 5.92 Å². The summed E-state index contributed by atoms with van der Waals surface area (Å²) in [5.74, 6) is -5.81. The minimum atomic E-state index is -4.93. The van der Waals surface area contributed by atoms with E-state index in [4.69, 9.17) is 0 Å². The molecule has 0 aromatic heterocycles. The standard InChI is InChI=1S/C27H24F6N4O5/c28-26(29,30)15-3-1-2-13(10-15)23(40)36-19-7-4-16(27(31,32)33)12-18(19)24(41)37-20(11-14-8-9-34-22(14)39)21(38)25(42)35-17-5-6-17/h1-4,7,10,12,14,17,20H,5-6,8-9,11H2,(H,34,39)(H,35,42)(H,36,40)(H,37,41). The van der Waals surface area contributed by atoms with Crippen LogP contribution < -0.4 is 21.3 Å². The second-order valence-electron chi connectivity index (χ2n) is 9.94. The third-order valence-electron chi connectivity index (χ3n) is 6.73. The third kappa shape index (κ3) is 7.44. The van der Waals surface area contributed by atoms with E-state index in [0.717, 1.165) is 24.3 Å². The van der Waals surface area contributed by atoms with E-state index in [9.17, 15) is 50.3 Å². The first-order chi connectivity index (χ1) is 19.6. The molecule has 2 aromatic carbocycles. The van der Waals surface area contributed by atoms with E-state index in [1.165, 1.54) is 0 Å². The van der Waals surface area contributed by atoms with Crippen molar-refractivity contribution in [3.8, 4) is 0 Å². The van der Waals surface area contributed by atoms with Crippen molar-refractivity contribution in [3.63, 3.8) is 0 Å². The maximum Gasteiger partial charge on any atom is 0.416 e. The molecule has 1 saturated heterocycles. The van der Waals surface area contributed by atoms with Gasteiger partial charge in [-0.2, -0.15) is 26.3 Å². The lowest BCUT2D eigenvalue weighted by molar-refractivity contribution is -0.139. The number of Topliss-reactive ketones (excluding diaryl/α,β-unsaturated/α-hetero) is 1. The Hall–Kier alpha value is -4.43. The van der Waals surface area contributed by atoms with Crippen LogP contribution in [0.25, 0.3) is 0 Å². The van der Waals surface area contributed by atoms with Crippen molar-refractivity contribution in [1.82, 2.24) is 16.0 Å². The van der Waals surface area contributed by atoms with E-state index in [1.807, 2.05) is 0 Å². The number of ketones is 1. The lowest BCUT2D eigenvalue weighted by atomic mass is 9.95. The highest BCUT2D eigenvalue weighted by Gasteiger charge is 2.37. The SMILES string of the molecule is O=C(NC1CC1)C(=O)C(CC1CCNC1=O)NC(=O)c1cc(C(F)(F)F)ccc1NC(=O)c1cccc(C(F)(F)F)c1. The molecule has 2 aliphatic rings. The number of amides is 4. The molecule has 1 aliphatic carbocycles. The average molecular weight is 599 g/mol. The van der Waals surface area contributed by atoms with Crippen LogP contribution >= 0.6 is 0 Å². The fourth-order valence-electron chi connectivity index (χ4n) is 4.31. The molecule has 0 spiro atoms. The van der Waals surface area contributed by atoms with Gasteiger partial charge in [0.1, 0.15) is 0 Å². The lowest BCUT2D eigenvalue weighted by Gasteiger charge is -2.21. The Balaban J connectivity index is 1.63. The van der Waals surface area contributed by atoms with E-state index in [-0.39, 0.29) is 25.4 Å². The van der Waals surface area contributed by atoms with Crippen molar-refractivity contribution in [2.45, 2.75) is 50.1 Å². The van der Waals surface area contributed by atoms with E-state index in [2.05, 4.69) is 21.3 Å². The summed E-state index contributed by atoms with van der Waals surface area (Å²) in [5, 5.41) is 9.37. The van der Waals surface area contributed by atoms with Crippen LogP contribution in [0.15, 0.2) is 42.5 Å². The Labute approximate surface area is 234 Å². The molecule has 1 heterocycles. The highest BCUT2D eigenvalue weighted by Crippen LogP contribution is 2.33. The first kappa shape index (κ1) is 30.5. The lowest BCUT2D eigenvalue weighted by Crippen LogP contribution is -2.49. The summed E-state index contributed by atoms with van der Waals surface area (Å²) in [5.41, 5.74) is -4.22. The van der Waals surface area contributed by atoms with Gasteiger partial charge in [-0.25, -0.2) is 0 Å². The molecule has 2 atom stereocenters. The molecule has 2 aromatic rings. The van der Waals surface area contributed by atoms with Gasteiger partial charge in [-0.05, 0) is 62.1 Å². The Morgan fingerprint density at radius 3 is 2.14 bits per heavy atom. The predicted octanol–water partition coefficient (Wildman–Crippen LogP) is 3.45. The molecular formula is C27H24F6N4O5. The van der Waals surface area contributed by atoms with Gasteiger partial charge in [-0.1, -0.05) is 6.07 Å². The van der Waals surface area contributed by atoms with Crippen molar-refractivity contribution >= 4 is 35.1 Å². The maximum atomic E-state index is 13.5. The molecule has 0 radical (unpaired) electrons. The molecule has 2 unspecified atom stereocenters. The Morgan fingerprint density at radius 2 is 1.55 bits per heavy atom. The number of carbonyl (C=O) groups excluding carboxylic acids is 5. The van der Waals surface area contributed by atoms with Crippen LogP contribution in [-0.2, 0) is 26.7 Å². The van der Waals surface area contributed by atoms with Gasteiger partial charge >= 0.3 is 12.4 Å². The summed E-state index contributed by atoms with van der Waals surface area (Å²) < 4.78 is 79.8. The van der Waals surface area contributed by atoms with Crippen LogP contribution in [0.1, 0.15) is 57.5 Å². The smallest absolute Gasteiger partial charge is 0.356 e. The number of alkyl halides is 6. The second-order valence-corrected chi connectivity index (χ2v) is 9.94. The van der Waals surface area contributed by atoms with Crippen LogP contribution in [0.4, 0.5) is 32.0 Å². The normalized spacial score (nSPS) is 17.7. The molecule has 4 amide bonds. The minimum Gasteiger partial charge on any atom is -0.356 e. The van der Waals surface area contributed by atoms with Crippen molar-refractivity contribution < 1.29 is 50.3 Å². The van der Waals surface area contributed by atoms with Gasteiger partial charge in [-0.3, -0.25) is 24.0 Å². The molecule has 42 heavy (non-hydrogen) atoms. The molecule has 2 fully saturated rings. The summed E-state index contributed by atoms with van der Waals surface area (Å²) in [6, 6.07) is 3.09. The monoisotopic (exact) mass is 598 g/mol. The van der Waals surface area contributed by atoms with Crippen LogP contribution in [0.2, 0.25) is 0 Å². The number of halogens is 6. The Kier molecular flexibility index (Phi) is 8.59. The van der Waals surface area contributed by atoms with Gasteiger partial charge in [-0.15, -0.1) is 0 Å². The third-order valence-corrected chi connectivity index (χ3v) is 6.73. The molecular weight excluding hydrogens is 574 g/mol. The molecule has 0 bridgehead atoms. The van der Waals surface area contributed by atoms with Crippen LogP contribution in [0.3, 0.4) is 0 Å². The fourth-order valence-corrected chi connectivity index (χ4v) is 4.31. The van der Waals surface area contributed by atoms with Crippen molar-refractivity contribution in [3.05, 3.63) is 64.7 Å². The van der Waals surface area contributed by atoms with Gasteiger partial charge < -0.3 is 21.3 Å². The predicted molar refractivity (Wildman–Crippen MR) is 134 cm³/mol. The maximum absolute atomic E-state index is 13.5. The molecule has 224 valence electrons. The zero-order valence-corrected chi connectivity index (χ0v) is 21.6. The van der Waals surface area contributed by atoms with E-state index in [1.54, 1.807) is 0 Å². The van der Waals surface area contributed by atoms with Crippen LogP contribution in [0.5, 0.6) is 0 Å². The largest absolute Gasteiger partial charge is 0.416 e. The van der Waals surface area contributed by atoms with Crippen molar-refractivity contribution in [1.29, 1.82) is 0 Å². The second kappa shape index (κ2) is 11.8. The minimum absolute atomic E-state index is 0.228. The summed E-state index contributed by atoms with van der Waals surface area (Å²) in [7, 11) is 0. The molecule has 9 nitrogen and oxygen atoms in total.